The zero-order valence-electron chi connectivity index (χ0n) is 13.9. The van der Waals surface area contributed by atoms with Gasteiger partial charge in [0.25, 0.3) is 0 Å². The molecule has 1 aliphatic carbocycles. The van der Waals surface area contributed by atoms with Gasteiger partial charge in [-0.05, 0) is 48.3 Å². The Morgan fingerprint density at radius 2 is 1.91 bits per heavy atom. The van der Waals surface area contributed by atoms with E-state index in [1.807, 2.05) is 24.3 Å². The Kier molecular flexibility index (Phi) is 5.46. The minimum Gasteiger partial charge on any atom is -0.393 e. The molecule has 22 heavy (non-hydrogen) atoms. The van der Waals surface area contributed by atoms with E-state index in [2.05, 4.69) is 31.4 Å². The maximum Gasteiger partial charge on any atom is 0.319 e. The van der Waals surface area contributed by atoms with Gasteiger partial charge in [0.1, 0.15) is 0 Å². The fraction of sp³-hybridized carbons (Fsp3) is 0.611. The highest BCUT2D eigenvalue weighted by Gasteiger charge is 2.20. The SMILES string of the molecule is CC(C)(C)c1ccc(NC(=O)NCC2CCCC(O)C2)cc1. The average molecular weight is 304 g/mol. The predicted octanol–water partition coefficient (Wildman–Crippen LogP) is 3.66. The van der Waals surface area contributed by atoms with Crippen molar-refractivity contribution in [2.24, 2.45) is 5.92 Å². The van der Waals surface area contributed by atoms with E-state index in [9.17, 15) is 9.90 Å². The van der Waals surface area contributed by atoms with Crippen LogP contribution in [0.1, 0.15) is 52.0 Å². The van der Waals surface area contributed by atoms with Gasteiger partial charge in [-0.25, -0.2) is 4.79 Å². The Morgan fingerprint density at radius 3 is 2.50 bits per heavy atom. The van der Waals surface area contributed by atoms with Crippen molar-refractivity contribution in [1.82, 2.24) is 5.32 Å². The molecule has 0 heterocycles. The number of benzene rings is 1. The van der Waals surface area contributed by atoms with Crippen LogP contribution < -0.4 is 10.6 Å². The molecule has 0 aliphatic heterocycles. The van der Waals surface area contributed by atoms with Crippen LogP contribution in [-0.2, 0) is 5.41 Å². The molecular weight excluding hydrogens is 276 g/mol. The second-order valence-electron chi connectivity index (χ2n) is 7.35. The molecule has 2 amide bonds. The number of rotatable bonds is 3. The minimum atomic E-state index is -0.200. The van der Waals surface area contributed by atoms with E-state index in [1.165, 1.54) is 5.56 Å². The van der Waals surface area contributed by atoms with Crippen molar-refractivity contribution in [3.63, 3.8) is 0 Å². The molecule has 1 aliphatic rings. The van der Waals surface area contributed by atoms with Gasteiger partial charge in [-0.15, -0.1) is 0 Å². The molecule has 4 nitrogen and oxygen atoms in total. The van der Waals surface area contributed by atoms with Crippen LogP contribution in [0, 0.1) is 5.92 Å². The molecule has 2 rings (SSSR count). The first kappa shape index (κ1) is 16.8. The van der Waals surface area contributed by atoms with E-state index in [0.29, 0.717) is 12.5 Å². The van der Waals surface area contributed by atoms with Gasteiger partial charge in [-0.3, -0.25) is 0 Å². The molecule has 0 aromatic heterocycles. The molecule has 1 saturated carbocycles. The summed E-state index contributed by atoms with van der Waals surface area (Å²) in [5.74, 6) is 0.387. The number of aliphatic hydroxyl groups excluding tert-OH is 1. The molecule has 0 radical (unpaired) electrons. The summed E-state index contributed by atoms with van der Waals surface area (Å²) >= 11 is 0. The lowest BCUT2D eigenvalue weighted by Gasteiger charge is -2.25. The molecule has 0 spiro atoms. The molecule has 4 heteroatoms. The van der Waals surface area contributed by atoms with Gasteiger partial charge >= 0.3 is 6.03 Å². The van der Waals surface area contributed by atoms with Crippen LogP contribution in [-0.4, -0.2) is 23.8 Å². The number of urea groups is 1. The summed E-state index contributed by atoms with van der Waals surface area (Å²) in [5, 5.41) is 15.4. The average Bonchev–Trinajstić information content (AvgIpc) is 2.45. The molecule has 3 N–H and O–H groups in total. The molecule has 2 unspecified atom stereocenters. The topological polar surface area (TPSA) is 61.4 Å². The van der Waals surface area contributed by atoms with Crippen LogP contribution in [0.15, 0.2) is 24.3 Å². The van der Waals surface area contributed by atoms with E-state index >= 15 is 0 Å². The summed E-state index contributed by atoms with van der Waals surface area (Å²) in [4.78, 5) is 11.9. The van der Waals surface area contributed by atoms with Gasteiger partial charge in [0.05, 0.1) is 6.10 Å². The number of amides is 2. The first-order chi connectivity index (χ1) is 10.3. The van der Waals surface area contributed by atoms with E-state index in [-0.39, 0.29) is 17.6 Å². The monoisotopic (exact) mass is 304 g/mol. The third-order valence-corrected chi connectivity index (χ3v) is 4.32. The maximum atomic E-state index is 11.9. The molecule has 122 valence electrons. The van der Waals surface area contributed by atoms with Crippen LogP contribution in [0.25, 0.3) is 0 Å². The summed E-state index contributed by atoms with van der Waals surface area (Å²) in [6.07, 6.45) is 3.61. The smallest absolute Gasteiger partial charge is 0.319 e. The van der Waals surface area contributed by atoms with Crippen molar-refractivity contribution in [3.8, 4) is 0 Å². The second kappa shape index (κ2) is 7.14. The molecule has 0 saturated heterocycles. The number of carbonyl (C=O) groups excluding carboxylic acids is 1. The van der Waals surface area contributed by atoms with Gasteiger partial charge in [-0.2, -0.15) is 0 Å². The summed E-state index contributed by atoms with van der Waals surface area (Å²) < 4.78 is 0. The highest BCUT2D eigenvalue weighted by Crippen LogP contribution is 2.24. The predicted molar refractivity (Wildman–Crippen MR) is 90.1 cm³/mol. The Bertz CT molecular complexity index is 491. The van der Waals surface area contributed by atoms with E-state index in [1.54, 1.807) is 0 Å². The van der Waals surface area contributed by atoms with Crippen molar-refractivity contribution in [1.29, 1.82) is 0 Å². The molecule has 0 bridgehead atoms. The number of nitrogens with one attached hydrogen (secondary N) is 2. The van der Waals surface area contributed by atoms with Crippen LogP contribution in [0.5, 0.6) is 0 Å². The Morgan fingerprint density at radius 1 is 1.23 bits per heavy atom. The second-order valence-corrected chi connectivity index (χ2v) is 7.35. The summed E-state index contributed by atoms with van der Waals surface area (Å²) in [7, 11) is 0. The van der Waals surface area contributed by atoms with Crippen molar-refractivity contribution in [2.45, 2.75) is 58.0 Å². The highest BCUT2D eigenvalue weighted by atomic mass is 16.3. The minimum absolute atomic E-state index is 0.114. The quantitative estimate of drug-likeness (QED) is 0.798. The molecule has 1 fully saturated rings. The van der Waals surface area contributed by atoms with E-state index < -0.39 is 0 Å². The van der Waals surface area contributed by atoms with Gasteiger partial charge in [0.15, 0.2) is 0 Å². The van der Waals surface area contributed by atoms with Gasteiger partial charge in [0, 0.05) is 12.2 Å². The van der Waals surface area contributed by atoms with Gasteiger partial charge in [-0.1, -0.05) is 39.3 Å². The van der Waals surface area contributed by atoms with Crippen LogP contribution in [0.4, 0.5) is 10.5 Å². The first-order valence-electron chi connectivity index (χ1n) is 8.18. The van der Waals surface area contributed by atoms with Crippen LogP contribution in [0.2, 0.25) is 0 Å². The lowest BCUT2D eigenvalue weighted by Crippen LogP contribution is -2.35. The largest absolute Gasteiger partial charge is 0.393 e. The summed E-state index contributed by atoms with van der Waals surface area (Å²) in [6.45, 7) is 7.13. The van der Waals surface area contributed by atoms with Crippen LogP contribution in [0.3, 0.4) is 0 Å². The summed E-state index contributed by atoms with van der Waals surface area (Å²) in [5.41, 5.74) is 2.16. The van der Waals surface area contributed by atoms with Crippen molar-refractivity contribution in [3.05, 3.63) is 29.8 Å². The lowest BCUT2D eigenvalue weighted by atomic mass is 9.87. The van der Waals surface area contributed by atoms with Gasteiger partial charge < -0.3 is 15.7 Å². The van der Waals surface area contributed by atoms with Crippen molar-refractivity contribution >= 4 is 11.7 Å². The fourth-order valence-electron chi connectivity index (χ4n) is 2.91. The summed E-state index contributed by atoms with van der Waals surface area (Å²) in [6, 6.07) is 7.79. The standard InChI is InChI=1S/C18H28N2O2/c1-18(2,3)14-7-9-15(10-8-14)20-17(22)19-12-13-5-4-6-16(21)11-13/h7-10,13,16,21H,4-6,11-12H2,1-3H3,(H2,19,20,22). The third kappa shape index (κ3) is 5.02. The Balaban J connectivity index is 1.79. The van der Waals surface area contributed by atoms with Crippen molar-refractivity contribution in [2.75, 3.05) is 11.9 Å². The fourth-order valence-corrected chi connectivity index (χ4v) is 2.91. The highest BCUT2D eigenvalue weighted by molar-refractivity contribution is 5.89. The first-order valence-corrected chi connectivity index (χ1v) is 8.18. The molecule has 1 aromatic carbocycles. The molecular formula is C18H28N2O2. The molecule has 1 aromatic rings. The normalized spacial score (nSPS) is 22.2. The Hall–Kier alpha value is -1.55. The van der Waals surface area contributed by atoms with Gasteiger partial charge in [0.2, 0.25) is 0 Å². The van der Waals surface area contributed by atoms with E-state index in [4.69, 9.17) is 0 Å². The van der Waals surface area contributed by atoms with Crippen LogP contribution >= 0.6 is 0 Å². The zero-order chi connectivity index (χ0) is 16.2. The third-order valence-electron chi connectivity index (χ3n) is 4.32. The number of hydrogen-bond acceptors (Lipinski definition) is 2. The zero-order valence-corrected chi connectivity index (χ0v) is 13.9. The molecule has 2 atom stereocenters. The van der Waals surface area contributed by atoms with Crippen molar-refractivity contribution < 1.29 is 9.90 Å². The number of anilines is 1. The number of aliphatic hydroxyl groups is 1. The lowest BCUT2D eigenvalue weighted by molar-refractivity contribution is 0.101. The number of hydrogen-bond donors (Lipinski definition) is 3. The number of carbonyl (C=O) groups is 1. The van der Waals surface area contributed by atoms with E-state index in [0.717, 1.165) is 31.4 Å². The maximum absolute atomic E-state index is 11.9. The Labute approximate surface area is 133 Å².